The van der Waals surface area contributed by atoms with Gasteiger partial charge in [-0.05, 0) is 38.3 Å². The number of fused-ring (bicyclic) bond motifs is 1. The minimum Gasteiger partial charge on any atom is -0.458 e. The highest BCUT2D eigenvalue weighted by atomic mass is 16.4. The van der Waals surface area contributed by atoms with Gasteiger partial charge in [0, 0.05) is 11.3 Å². The van der Waals surface area contributed by atoms with Crippen molar-refractivity contribution in [2.45, 2.75) is 31.8 Å². The molecule has 0 spiro atoms. The molecule has 4 nitrogen and oxygen atoms in total. The van der Waals surface area contributed by atoms with Crippen molar-refractivity contribution in [3.05, 3.63) is 48.2 Å². The zero-order valence-electron chi connectivity index (χ0n) is 12.7. The molecule has 116 valence electrons. The SMILES string of the molecule is C[C@@](O)(CNC(=O)[C@H]1CC=CCC1)c1cc2ccccc2o1. The van der Waals surface area contributed by atoms with Gasteiger partial charge in [-0.25, -0.2) is 0 Å². The summed E-state index contributed by atoms with van der Waals surface area (Å²) in [6.07, 6.45) is 6.74. The molecule has 0 saturated carbocycles. The van der Waals surface area contributed by atoms with Crippen LogP contribution in [0.1, 0.15) is 31.9 Å². The van der Waals surface area contributed by atoms with E-state index in [1.165, 1.54) is 0 Å². The molecule has 0 bridgehead atoms. The van der Waals surface area contributed by atoms with E-state index < -0.39 is 5.60 Å². The van der Waals surface area contributed by atoms with Crippen molar-refractivity contribution in [1.29, 1.82) is 0 Å². The molecule has 0 fully saturated rings. The van der Waals surface area contributed by atoms with Gasteiger partial charge in [0.15, 0.2) is 0 Å². The van der Waals surface area contributed by atoms with Gasteiger partial charge in [0.1, 0.15) is 16.9 Å². The average molecular weight is 299 g/mol. The standard InChI is InChI=1S/C18H21NO3/c1-18(21,12-19-17(20)13-7-3-2-4-8-13)16-11-14-9-5-6-10-15(14)22-16/h2-3,5-6,9-11,13,21H,4,7-8,12H2,1H3,(H,19,20)/t13-,18+/m0/s1. The van der Waals surface area contributed by atoms with Gasteiger partial charge < -0.3 is 14.8 Å². The minimum atomic E-state index is -1.22. The van der Waals surface area contributed by atoms with Gasteiger partial charge >= 0.3 is 0 Å². The maximum absolute atomic E-state index is 12.2. The highest BCUT2D eigenvalue weighted by Crippen LogP contribution is 2.27. The van der Waals surface area contributed by atoms with Gasteiger partial charge in [-0.3, -0.25) is 4.79 Å². The van der Waals surface area contributed by atoms with Crippen LogP contribution < -0.4 is 5.32 Å². The van der Waals surface area contributed by atoms with Crippen molar-refractivity contribution in [3.8, 4) is 0 Å². The Labute approximate surface area is 129 Å². The van der Waals surface area contributed by atoms with Crippen LogP contribution in [0.3, 0.4) is 0 Å². The van der Waals surface area contributed by atoms with Crippen LogP contribution in [0.2, 0.25) is 0 Å². The third kappa shape index (κ3) is 3.07. The van der Waals surface area contributed by atoms with Crippen LogP contribution >= 0.6 is 0 Å². The maximum Gasteiger partial charge on any atom is 0.223 e. The molecule has 2 aromatic rings. The molecule has 1 heterocycles. The number of aliphatic hydroxyl groups is 1. The Hall–Kier alpha value is -2.07. The number of allylic oxidation sites excluding steroid dienone is 2. The molecule has 1 aliphatic carbocycles. The summed E-state index contributed by atoms with van der Waals surface area (Å²) in [5.41, 5.74) is -0.486. The summed E-state index contributed by atoms with van der Waals surface area (Å²) in [7, 11) is 0. The number of rotatable bonds is 4. The number of carbonyl (C=O) groups is 1. The lowest BCUT2D eigenvalue weighted by molar-refractivity contribution is -0.126. The van der Waals surface area contributed by atoms with Crippen molar-refractivity contribution >= 4 is 16.9 Å². The maximum atomic E-state index is 12.2. The Balaban J connectivity index is 1.67. The first-order valence-corrected chi connectivity index (χ1v) is 7.70. The van der Waals surface area contributed by atoms with E-state index in [4.69, 9.17) is 4.42 Å². The molecule has 2 N–H and O–H groups in total. The van der Waals surface area contributed by atoms with Crippen LogP contribution in [0.15, 0.2) is 46.9 Å². The monoisotopic (exact) mass is 299 g/mol. The molecule has 1 aliphatic rings. The fourth-order valence-corrected chi connectivity index (χ4v) is 2.77. The topological polar surface area (TPSA) is 62.5 Å². The van der Waals surface area contributed by atoms with Crippen molar-refractivity contribution in [2.24, 2.45) is 5.92 Å². The number of furan rings is 1. The van der Waals surface area contributed by atoms with Crippen LogP contribution in [-0.4, -0.2) is 17.6 Å². The van der Waals surface area contributed by atoms with Crippen molar-refractivity contribution in [2.75, 3.05) is 6.54 Å². The summed E-state index contributed by atoms with van der Waals surface area (Å²) in [6, 6.07) is 9.44. The lowest BCUT2D eigenvalue weighted by Crippen LogP contribution is -2.41. The Bertz CT molecular complexity index is 666. The van der Waals surface area contributed by atoms with Gasteiger partial charge in [0.05, 0.1) is 6.54 Å². The lowest BCUT2D eigenvalue weighted by atomic mass is 9.93. The van der Waals surface area contributed by atoms with E-state index >= 15 is 0 Å². The summed E-state index contributed by atoms with van der Waals surface area (Å²) in [6.45, 7) is 1.80. The number of para-hydroxylation sites is 1. The third-order valence-corrected chi connectivity index (χ3v) is 4.20. The second kappa shape index (κ2) is 5.97. The Morgan fingerprint density at radius 3 is 2.95 bits per heavy atom. The van der Waals surface area contributed by atoms with Crippen LogP contribution in [0.25, 0.3) is 11.0 Å². The van der Waals surface area contributed by atoms with E-state index in [1.54, 1.807) is 6.92 Å². The molecular formula is C18H21NO3. The fourth-order valence-electron chi connectivity index (χ4n) is 2.77. The zero-order valence-corrected chi connectivity index (χ0v) is 12.7. The fraction of sp³-hybridized carbons (Fsp3) is 0.389. The Morgan fingerprint density at radius 2 is 2.23 bits per heavy atom. The summed E-state index contributed by atoms with van der Waals surface area (Å²) >= 11 is 0. The molecular weight excluding hydrogens is 278 g/mol. The molecule has 1 aromatic carbocycles. The van der Waals surface area contributed by atoms with E-state index in [9.17, 15) is 9.90 Å². The van der Waals surface area contributed by atoms with Crippen LogP contribution in [0.5, 0.6) is 0 Å². The van der Waals surface area contributed by atoms with Crippen LogP contribution in [0.4, 0.5) is 0 Å². The second-order valence-electron chi connectivity index (χ2n) is 6.12. The van der Waals surface area contributed by atoms with Crippen molar-refractivity contribution in [3.63, 3.8) is 0 Å². The lowest BCUT2D eigenvalue weighted by Gasteiger charge is -2.23. The first kappa shape index (κ1) is 14.9. The minimum absolute atomic E-state index is 0.000682. The van der Waals surface area contributed by atoms with Gasteiger partial charge in [0.25, 0.3) is 0 Å². The van der Waals surface area contributed by atoms with E-state index in [-0.39, 0.29) is 18.4 Å². The predicted octanol–water partition coefficient (Wildman–Crippen LogP) is 3.11. The summed E-state index contributed by atoms with van der Waals surface area (Å²) < 4.78 is 5.70. The van der Waals surface area contributed by atoms with Gasteiger partial charge in [-0.15, -0.1) is 0 Å². The molecule has 0 saturated heterocycles. The molecule has 0 radical (unpaired) electrons. The van der Waals surface area contributed by atoms with Crippen molar-refractivity contribution in [1.82, 2.24) is 5.32 Å². The number of carbonyl (C=O) groups excluding carboxylic acids is 1. The number of nitrogens with one attached hydrogen (secondary N) is 1. The molecule has 1 amide bonds. The first-order valence-electron chi connectivity index (χ1n) is 7.70. The highest BCUT2D eigenvalue weighted by Gasteiger charge is 2.29. The smallest absolute Gasteiger partial charge is 0.223 e. The Kier molecular flexibility index (Phi) is 4.03. The van der Waals surface area contributed by atoms with E-state index in [2.05, 4.69) is 11.4 Å². The number of hydrogen-bond donors (Lipinski definition) is 2. The Morgan fingerprint density at radius 1 is 1.41 bits per heavy atom. The molecule has 1 aromatic heterocycles. The van der Waals surface area contributed by atoms with Gasteiger partial charge in [-0.1, -0.05) is 30.4 Å². The number of benzene rings is 1. The summed E-state index contributed by atoms with van der Waals surface area (Å²) in [5.74, 6) is 0.481. The largest absolute Gasteiger partial charge is 0.458 e. The molecule has 3 rings (SSSR count). The summed E-state index contributed by atoms with van der Waals surface area (Å²) in [4.78, 5) is 12.2. The average Bonchev–Trinajstić information content (AvgIpc) is 2.98. The highest BCUT2D eigenvalue weighted by molar-refractivity contribution is 5.79. The van der Waals surface area contributed by atoms with Gasteiger partial charge in [0.2, 0.25) is 5.91 Å². The summed E-state index contributed by atoms with van der Waals surface area (Å²) in [5, 5.41) is 14.4. The molecule has 0 aliphatic heterocycles. The third-order valence-electron chi connectivity index (χ3n) is 4.20. The van der Waals surface area contributed by atoms with E-state index in [0.29, 0.717) is 5.76 Å². The number of amides is 1. The molecule has 0 unspecified atom stereocenters. The molecule has 4 heteroatoms. The molecule has 2 atom stereocenters. The molecule has 22 heavy (non-hydrogen) atoms. The second-order valence-corrected chi connectivity index (χ2v) is 6.12. The van der Waals surface area contributed by atoms with Crippen LogP contribution in [-0.2, 0) is 10.4 Å². The quantitative estimate of drug-likeness (QED) is 0.853. The zero-order chi connectivity index (χ0) is 15.6. The normalized spacial score (nSPS) is 20.7. The first-order chi connectivity index (χ1) is 10.6. The van der Waals surface area contributed by atoms with E-state index in [0.717, 1.165) is 30.2 Å². The van der Waals surface area contributed by atoms with Gasteiger partial charge in [-0.2, -0.15) is 0 Å². The van der Waals surface area contributed by atoms with Crippen molar-refractivity contribution < 1.29 is 14.3 Å². The van der Waals surface area contributed by atoms with Crippen LogP contribution in [0, 0.1) is 5.92 Å². The van der Waals surface area contributed by atoms with E-state index in [1.807, 2.05) is 36.4 Å². The predicted molar refractivity (Wildman–Crippen MR) is 85.3 cm³/mol. The number of hydrogen-bond acceptors (Lipinski definition) is 3.